The van der Waals surface area contributed by atoms with E-state index in [4.69, 9.17) is 15.2 Å². The Bertz CT molecular complexity index is 388. The first-order valence-corrected chi connectivity index (χ1v) is 5.97. The first kappa shape index (κ1) is 15.8. The number of methoxy groups -OCH3 is 1. The summed E-state index contributed by atoms with van der Waals surface area (Å²) in [7, 11) is 1.39. The van der Waals surface area contributed by atoms with Crippen LogP contribution in [0.3, 0.4) is 0 Å². The van der Waals surface area contributed by atoms with Crippen LogP contribution >= 0.6 is 0 Å². The molecule has 1 rings (SSSR count). The molecule has 0 aromatic heterocycles. The Hall–Kier alpha value is -1.27. The minimum atomic E-state index is -2.48. The SMILES string of the molecule is COc1cccc(CC(N)CCOCC(F)F)c1F. The zero-order valence-electron chi connectivity index (χ0n) is 10.7. The maximum atomic E-state index is 13.8. The minimum Gasteiger partial charge on any atom is -0.494 e. The molecule has 3 nitrogen and oxygen atoms in total. The van der Waals surface area contributed by atoms with Crippen LogP contribution < -0.4 is 10.5 Å². The number of rotatable bonds is 8. The van der Waals surface area contributed by atoms with Gasteiger partial charge >= 0.3 is 0 Å². The summed E-state index contributed by atoms with van der Waals surface area (Å²) in [6, 6.07) is 4.48. The summed E-state index contributed by atoms with van der Waals surface area (Å²) in [5, 5.41) is 0. The van der Waals surface area contributed by atoms with E-state index in [9.17, 15) is 13.2 Å². The van der Waals surface area contributed by atoms with Crippen LogP contribution in [0.4, 0.5) is 13.2 Å². The molecule has 0 saturated heterocycles. The first-order valence-electron chi connectivity index (χ1n) is 5.97. The summed E-state index contributed by atoms with van der Waals surface area (Å²) in [6.07, 6.45) is -1.78. The molecule has 108 valence electrons. The van der Waals surface area contributed by atoms with Crippen LogP contribution in [0.25, 0.3) is 0 Å². The van der Waals surface area contributed by atoms with E-state index >= 15 is 0 Å². The van der Waals surface area contributed by atoms with Gasteiger partial charge in [-0.2, -0.15) is 0 Å². The highest BCUT2D eigenvalue weighted by molar-refractivity contribution is 5.31. The highest BCUT2D eigenvalue weighted by Gasteiger charge is 2.12. The van der Waals surface area contributed by atoms with Crippen molar-refractivity contribution in [1.82, 2.24) is 0 Å². The van der Waals surface area contributed by atoms with E-state index in [1.165, 1.54) is 13.2 Å². The van der Waals surface area contributed by atoms with E-state index in [-0.39, 0.29) is 18.4 Å². The van der Waals surface area contributed by atoms with Crippen molar-refractivity contribution in [3.8, 4) is 5.75 Å². The molecule has 0 spiro atoms. The van der Waals surface area contributed by atoms with Crippen LogP contribution in [-0.2, 0) is 11.2 Å². The van der Waals surface area contributed by atoms with Crippen LogP contribution in [-0.4, -0.2) is 32.8 Å². The van der Waals surface area contributed by atoms with Crippen LogP contribution in [0, 0.1) is 5.82 Å². The number of nitrogens with two attached hydrogens (primary N) is 1. The third kappa shape index (κ3) is 5.48. The van der Waals surface area contributed by atoms with E-state index in [0.29, 0.717) is 18.4 Å². The average molecular weight is 277 g/mol. The molecule has 0 fully saturated rings. The molecule has 0 aliphatic carbocycles. The van der Waals surface area contributed by atoms with Crippen molar-refractivity contribution in [3.63, 3.8) is 0 Å². The Balaban J connectivity index is 2.42. The van der Waals surface area contributed by atoms with Crippen molar-refractivity contribution in [2.24, 2.45) is 5.73 Å². The van der Waals surface area contributed by atoms with Crippen LogP contribution in [0.1, 0.15) is 12.0 Å². The molecule has 6 heteroatoms. The lowest BCUT2D eigenvalue weighted by atomic mass is 10.0. The predicted octanol–water partition coefficient (Wildman–Crippen LogP) is 2.38. The number of halogens is 3. The lowest BCUT2D eigenvalue weighted by molar-refractivity contribution is 0.0152. The smallest absolute Gasteiger partial charge is 0.261 e. The Morgan fingerprint density at radius 2 is 2.05 bits per heavy atom. The van der Waals surface area contributed by atoms with Crippen molar-refractivity contribution in [2.75, 3.05) is 20.3 Å². The molecule has 0 saturated carbocycles. The van der Waals surface area contributed by atoms with Gasteiger partial charge in [0.15, 0.2) is 11.6 Å². The fourth-order valence-electron chi connectivity index (χ4n) is 1.66. The standard InChI is InChI=1S/C13H18F3NO2/c1-18-11-4-2-3-9(13(11)16)7-10(17)5-6-19-8-12(14)15/h2-4,10,12H,5-8,17H2,1H3. The Morgan fingerprint density at radius 1 is 1.32 bits per heavy atom. The predicted molar refractivity (Wildman–Crippen MR) is 66.1 cm³/mol. The van der Waals surface area contributed by atoms with Gasteiger partial charge in [0.2, 0.25) is 0 Å². The summed E-state index contributed by atoms with van der Waals surface area (Å²) in [5.74, 6) is -0.271. The van der Waals surface area contributed by atoms with Gasteiger partial charge < -0.3 is 15.2 Å². The largest absolute Gasteiger partial charge is 0.494 e. The van der Waals surface area contributed by atoms with Crippen LogP contribution in [0.2, 0.25) is 0 Å². The van der Waals surface area contributed by atoms with E-state index in [1.54, 1.807) is 12.1 Å². The van der Waals surface area contributed by atoms with Gasteiger partial charge in [-0.3, -0.25) is 0 Å². The lowest BCUT2D eigenvalue weighted by Gasteiger charge is -2.13. The van der Waals surface area contributed by atoms with E-state index in [1.807, 2.05) is 0 Å². The number of hydrogen-bond donors (Lipinski definition) is 1. The van der Waals surface area contributed by atoms with Crippen molar-refractivity contribution < 1.29 is 22.6 Å². The molecule has 0 amide bonds. The van der Waals surface area contributed by atoms with Gasteiger partial charge in [0.25, 0.3) is 6.43 Å². The zero-order chi connectivity index (χ0) is 14.3. The normalized spacial score (nSPS) is 12.7. The molecule has 0 heterocycles. The minimum absolute atomic E-state index is 0.136. The molecule has 1 aromatic carbocycles. The highest BCUT2D eigenvalue weighted by Crippen LogP contribution is 2.21. The van der Waals surface area contributed by atoms with Gasteiger partial charge in [0.05, 0.1) is 7.11 Å². The van der Waals surface area contributed by atoms with E-state index in [0.717, 1.165) is 0 Å². The molecule has 1 atom stereocenters. The number of alkyl halides is 2. The quantitative estimate of drug-likeness (QED) is 0.742. The van der Waals surface area contributed by atoms with E-state index in [2.05, 4.69) is 0 Å². The molecule has 0 aliphatic heterocycles. The monoisotopic (exact) mass is 277 g/mol. The fourth-order valence-corrected chi connectivity index (χ4v) is 1.66. The molecule has 2 N–H and O–H groups in total. The topological polar surface area (TPSA) is 44.5 Å². The van der Waals surface area contributed by atoms with Gasteiger partial charge in [-0.15, -0.1) is 0 Å². The van der Waals surface area contributed by atoms with Gasteiger partial charge in [-0.1, -0.05) is 12.1 Å². The Labute approximate surface area is 110 Å². The summed E-state index contributed by atoms with van der Waals surface area (Å²) in [5.41, 5.74) is 6.25. The molecule has 0 bridgehead atoms. The van der Waals surface area contributed by atoms with Crippen LogP contribution in [0.15, 0.2) is 18.2 Å². The molecule has 0 aliphatic rings. The second kappa shape index (κ2) is 8.01. The van der Waals surface area contributed by atoms with Crippen molar-refractivity contribution in [2.45, 2.75) is 25.3 Å². The second-order valence-electron chi connectivity index (χ2n) is 4.15. The summed E-state index contributed by atoms with van der Waals surface area (Å²) < 4.78 is 47.1. The molecule has 1 unspecified atom stereocenters. The Morgan fingerprint density at radius 3 is 2.68 bits per heavy atom. The van der Waals surface area contributed by atoms with Gasteiger partial charge in [0.1, 0.15) is 6.61 Å². The van der Waals surface area contributed by atoms with E-state index < -0.39 is 18.8 Å². The molecule has 1 aromatic rings. The molecular weight excluding hydrogens is 259 g/mol. The molecule has 0 radical (unpaired) electrons. The number of benzene rings is 1. The van der Waals surface area contributed by atoms with Crippen molar-refractivity contribution in [1.29, 1.82) is 0 Å². The second-order valence-corrected chi connectivity index (χ2v) is 4.15. The fraction of sp³-hybridized carbons (Fsp3) is 0.538. The first-order chi connectivity index (χ1) is 9.04. The number of ether oxygens (including phenoxy) is 2. The summed E-state index contributed by atoms with van der Waals surface area (Å²) >= 11 is 0. The summed E-state index contributed by atoms with van der Waals surface area (Å²) in [6.45, 7) is -0.461. The maximum Gasteiger partial charge on any atom is 0.261 e. The highest BCUT2D eigenvalue weighted by atomic mass is 19.3. The number of hydrogen-bond acceptors (Lipinski definition) is 3. The van der Waals surface area contributed by atoms with Gasteiger partial charge in [-0.05, 0) is 24.5 Å². The van der Waals surface area contributed by atoms with Crippen molar-refractivity contribution in [3.05, 3.63) is 29.6 Å². The van der Waals surface area contributed by atoms with Gasteiger partial charge in [-0.25, -0.2) is 13.2 Å². The summed E-state index contributed by atoms with van der Waals surface area (Å²) in [4.78, 5) is 0. The average Bonchev–Trinajstić information content (AvgIpc) is 2.37. The zero-order valence-corrected chi connectivity index (χ0v) is 10.7. The van der Waals surface area contributed by atoms with Gasteiger partial charge in [0, 0.05) is 12.6 Å². The Kier molecular flexibility index (Phi) is 6.66. The molecular formula is C13H18F3NO2. The third-order valence-electron chi connectivity index (χ3n) is 2.62. The molecule has 19 heavy (non-hydrogen) atoms. The maximum absolute atomic E-state index is 13.8. The van der Waals surface area contributed by atoms with Crippen LogP contribution in [0.5, 0.6) is 5.75 Å². The van der Waals surface area contributed by atoms with Crippen molar-refractivity contribution >= 4 is 0 Å². The third-order valence-corrected chi connectivity index (χ3v) is 2.62. The lowest BCUT2D eigenvalue weighted by Crippen LogP contribution is -2.25.